The number of carbonyl (C=O) groups is 1. The molecule has 0 saturated heterocycles. The Kier molecular flexibility index (Phi) is 4.98. The lowest BCUT2D eigenvalue weighted by Gasteiger charge is -2.19. The van der Waals surface area contributed by atoms with Crippen LogP contribution in [0.4, 0.5) is 10.1 Å². The molecule has 132 valence electrons. The Morgan fingerprint density at radius 1 is 1.08 bits per heavy atom. The lowest BCUT2D eigenvalue weighted by atomic mass is 10.1. The minimum atomic E-state index is -0.469. The molecule has 0 aliphatic carbocycles. The highest BCUT2D eigenvalue weighted by Crippen LogP contribution is 2.19. The average molecular weight is 350 g/mol. The van der Waals surface area contributed by atoms with Gasteiger partial charge in [0, 0.05) is 28.8 Å². The topological polar surface area (TPSA) is 51.1 Å². The number of amides is 1. The number of rotatable bonds is 4. The van der Waals surface area contributed by atoms with Crippen LogP contribution in [0.15, 0.2) is 65.5 Å². The van der Waals surface area contributed by atoms with Gasteiger partial charge in [-0.05, 0) is 43.7 Å². The number of anilines is 1. The molecule has 26 heavy (non-hydrogen) atoms. The molecule has 2 aromatic carbocycles. The third-order valence-corrected chi connectivity index (χ3v) is 4.16. The predicted octanol–water partition coefficient (Wildman–Crippen LogP) is 4.10. The monoisotopic (exact) mass is 350 g/mol. The third-order valence-electron chi connectivity index (χ3n) is 4.16. The van der Waals surface area contributed by atoms with Crippen LogP contribution in [-0.4, -0.2) is 10.5 Å². The second-order valence-corrected chi connectivity index (χ2v) is 5.96. The van der Waals surface area contributed by atoms with Crippen LogP contribution in [0.1, 0.15) is 28.7 Å². The second-order valence-electron chi connectivity index (χ2n) is 5.96. The highest BCUT2D eigenvalue weighted by Gasteiger charge is 2.20. The van der Waals surface area contributed by atoms with Gasteiger partial charge in [-0.25, -0.2) is 4.39 Å². The number of hydrogen-bond acceptors (Lipinski definition) is 2. The van der Waals surface area contributed by atoms with Crippen LogP contribution in [0, 0.1) is 12.7 Å². The molecule has 0 aliphatic rings. The first-order valence-corrected chi connectivity index (χ1v) is 8.39. The van der Waals surface area contributed by atoms with Gasteiger partial charge in [0.25, 0.3) is 5.91 Å². The van der Waals surface area contributed by atoms with E-state index < -0.39 is 5.91 Å². The Morgan fingerprint density at radius 2 is 1.81 bits per heavy atom. The second kappa shape index (κ2) is 7.35. The molecule has 1 amide bonds. The molecule has 3 rings (SSSR count). The molecule has 0 saturated carbocycles. The molecule has 0 fully saturated rings. The number of aryl methyl sites for hydroxylation is 1. The summed E-state index contributed by atoms with van der Waals surface area (Å²) in [7, 11) is 0. The molecule has 4 nitrogen and oxygen atoms in total. The van der Waals surface area contributed by atoms with E-state index in [1.807, 2.05) is 13.0 Å². The van der Waals surface area contributed by atoms with Crippen molar-refractivity contribution in [3.8, 4) is 5.69 Å². The Bertz CT molecular complexity index is 1010. The fourth-order valence-electron chi connectivity index (χ4n) is 3.06. The zero-order chi connectivity index (χ0) is 18.7. The van der Waals surface area contributed by atoms with E-state index in [9.17, 15) is 14.0 Å². The van der Waals surface area contributed by atoms with E-state index in [1.54, 1.807) is 47.9 Å². The van der Waals surface area contributed by atoms with E-state index in [0.717, 1.165) is 0 Å². The first kappa shape index (κ1) is 17.6. The number of pyridine rings is 1. The Hall–Kier alpha value is -3.21. The molecule has 1 aromatic heterocycles. The van der Waals surface area contributed by atoms with Gasteiger partial charge in [-0.1, -0.05) is 31.2 Å². The third kappa shape index (κ3) is 3.42. The molecule has 0 spiro atoms. The maximum Gasteiger partial charge on any atom is 0.261 e. The standard InChI is InChI=1S/C21H19FN2O2/c1-3-18-20(21(26)23-16-9-5-4-6-10-16)19(25)12-14(2)24(18)17-11-7-8-15(22)13-17/h4-13H,3H2,1-2H3,(H,23,26). The van der Waals surface area contributed by atoms with Crippen molar-refractivity contribution in [2.45, 2.75) is 20.3 Å². The van der Waals surface area contributed by atoms with E-state index in [0.29, 0.717) is 29.2 Å². The minimum absolute atomic E-state index is 0.0752. The van der Waals surface area contributed by atoms with E-state index in [4.69, 9.17) is 0 Å². The Balaban J connectivity index is 2.15. The number of nitrogens with zero attached hydrogens (tertiary/aromatic N) is 1. The molecule has 0 unspecified atom stereocenters. The maximum absolute atomic E-state index is 13.7. The smallest absolute Gasteiger partial charge is 0.261 e. The number of nitrogens with one attached hydrogen (secondary N) is 1. The number of halogens is 1. The van der Waals surface area contributed by atoms with Gasteiger partial charge in [0.15, 0.2) is 5.43 Å². The molecule has 1 heterocycles. The summed E-state index contributed by atoms with van der Waals surface area (Å²) >= 11 is 0. The fourth-order valence-corrected chi connectivity index (χ4v) is 3.06. The van der Waals surface area contributed by atoms with Crippen molar-refractivity contribution in [3.05, 3.63) is 93.7 Å². The summed E-state index contributed by atoms with van der Waals surface area (Å²) in [4.78, 5) is 25.3. The van der Waals surface area contributed by atoms with Crippen LogP contribution in [0.2, 0.25) is 0 Å². The van der Waals surface area contributed by atoms with Gasteiger partial charge in [0.05, 0.1) is 0 Å². The Morgan fingerprint density at radius 3 is 2.46 bits per heavy atom. The van der Waals surface area contributed by atoms with Gasteiger partial charge in [0.2, 0.25) is 0 Å². The molecule has 0 radical (unpaired) electrons. The van der Waals surface area contributed by atoms with Gasteiger partial charge >= 0.3 is 0 Å². The number of para-hydroxylation sites is 1. The van der Waals surface area contributed by atoms with Crippen molar-refractivity contribution in [2.75, 3.05) is 5.32 Å². The van der Waals surface area contributed by atoms with Crippen LogP contribution in [0.3, 0.4) is 0 Å². The van der Waals surface area contributed by atoms with Crippen LogP contribution in [-0.2, 0) is 6.42 Å². The quantitative estimate of drug-likeness (QED) is 0.770. The van der Waals surface area contributed by atoms with Gasteiger partial charge in [0.1, 0.15) is 11.4 Å². The fraction of sp³-hybridized carbons (Fsp3) is 0.143. The van der Waals surface area contributed by atoms with Crippen molar-refractivity contribution in [1.29, 1.82) is 0 Å². The first-order chi connectivity index (χ1) is 12.5. The van der Waals surface area contributed by atoms with Crippen LogP contribution in [0.25, 0.3) is 5.69 Å². The summed E-state index contributed by atoms with van der Waals surface area (Å²) in [6.07, 6.45) is 0.449. The maximum atomic E-state index is 13.7. The highest BCUT2D eigenvalue weighted by molar-refractivity contribution is 6.05. The number of aromatic nitrogens is 1. The summed E-state index contributed by atoms with van der Waals surface area (Å²) < 4.78 is 15.4. The van der Waals surface area contributed by atoms with Gasteiger partial charge < -0.3 is 9.88 Å². The number of carbonyl (C=O) groups excluding carboxylic acids is 1. The summed E-state index contributed by atoms with van der Waals surface area (Å²) in [5.41, 5.74) is 2.11. The zero-order valence-electron chi connectivity index (χ0n) is 14.6. The largest absolute Gasteiger partial charge is 0.322 e. The molecule has 0 aliphatic heterocycles. The lowest BCUT2D eigenvalue weighted by Crippen LogP contribution is -2.27. The SMILES string of the molecule is CCc1c(C(=O)Nc2ccccc2)c(=O)cc(C)n1-c1cccc(F)c1. The number of benzene rings is 2. The summed E-state index contributed by atoms with van der Waals surface area (Å²) in [6, 6.07) is 16.5. The van der Waals surface area contributed by atoms with Gasteiger partial charge in [-0.15, -0.1) is 0 Å². The number of hydrogen-bond donors (Lipinski definition) is 1. The summed E-state index contributed by atoms with van der Waals surface area (Å²) in [5.74, 6) is -0.846. The van der Waals surface area contributed by atoms with Gasteiger partial charge in [-0.3, -0.25) is 9.59 Å². The van der Waals surface area contributed by atoms with E-state index >= 15 is 0 Å². The van der Waals surface area contributed by atoms with Crippen molar-refractivity contribution in [1.82, 2.24) is 4.57 Å². The zero-order valence-corrected chi connectivity index (χ0v) is 14.6. The van der Waals surface area contributed by atoms with E-state index in [-0.39, 0.29) is 16.8 Å². The molecular weight excluding hydrogens is 331 g/mol. The normalized spacial score (nSPS) is 10.6. The summed E-state index contributed by atoms with van der Waals surface area (Å²) in [5, 5.41) is 2.76. The first-order valence-electron chi connectivity index (χ1n) is 8.39. The molecule has 3 aromatic rings. The molecule has 0 atom stereocenters. The molecule has 5 heteroatoms. The molecule has 1 N–H and O–H groups in total. The van der Waals surface area contributed by atoms with Gasteiger partial charge in [-0.2, -0.15) is 0 Å². The predicted molar refractivity (Wildman–Crippen MR) is 101 cm³/mol. The minimum Gasteiger partial charge on any atom is -0.322 e. The summed E-state index contributed by atoms with van der Waals surface area (Å²) in [6.45, 7) is 3.63. The molecular formula is C21H19FN2O2. The lowest BCUT2D eigenvalue weighted by molar-refractivity contribution is 0.102. The average Bonchev–Trinajstić information content (AvgIpc) is 2.61. The van der Waals surface area contributed by atoms with Crippen LogP contribution >= 0.6 is 0 Å². The molecule has 0 bridgehead atoms. The highest BCUT2D eigenvalue weighted by atomic mass is 19.1. The Labute approximate surface area is 150 Å². The van der Waals surface area contributed by atoms with Crippen molar-refractivity contribution >= 4 is 11.6 Å². The van der Waals surface area contributed by atoms with Crippen molar-refractivity contribution in [3.63, 3.8) is 0 Å². The van der Waals surface area contributed by atoms with E-state index in [2.05, 4.69) is 5.32 Å². The van der Waals surface area contributed by atoms with Crippen LogP contribution in [0.5, 0.6) is 0 Å². The van der Waals surface area contributed by atoms with E-state index in [1.165, 1.54) is 18.2 Å². The van der Waals surface area contributed by atoms with Crippen LogP contribution < -0.4 is 10.7 Å². The van der Waals surface area contributed by atoms with Crippen molar-refractivity contribution < 1.29 is 9.18 Å². The van der Waals surface area contributed by atoms with Crippen molar-refractivity contribution in [2.24, 2.45) is 0 Å².